The van der Waals surface area contributed by atoms with Crippen molar-refractivity contribution in [2.75, 3.05) is 0 Å². The Balaban J connectivity index is 1.20. The molecule has 0 aromatic heterocycles. The van der Waals surface area contributed by atoms with Gasteiger partial charge in [0, 0.05) is 0 Å². The van der Waals surface area contributed by atoms with E-state index in [1.165, 1.54) is 143 Å². The van der Waals surface area contributed by atoms with Crippen molar-refractivity contribution in [1.82, 2.24) is 0 Å². The molecule has 0 bridgehead atoms. The van der Waals surface area contributed by atoms with Gasteiger partial charge in [0.2, 0.25) is 0 Å². The smallest absolute Gasteiger partial charge is 0.00204 e. The van der Waals surface area contributed by atoms with E-state index < -0.39 is 0 Å². The molecule has 0 nitrogen and oxygen atoms in total. The highest BCUT2D eigenvalue weighted by atomic mass is 14.3. The fraction of sp³-hybridized carbons (Fsp3) is 0.129. The van der Waals surface area contributed by atoms with Gasteiger partial charge >= 0.3 is 0 Å². The zero-order valence-corrected chi connectivity index (χ0v) is 36.2. The van der Waals surface area contributed by atoms with Crippen LogP contribution in [0, 0.1) is 0 Å². The van der Waals surface area contributed by atoms with Gasteiger partial charge in [0.05, 0.1) is 0 Å². The molecule has 0 amide bonds. The fourth-order valence-electron chi connectivity index (χ4n) is 11.2. The summed E-state index contributed by atoms with van der Waals surface area (Å²) in [6.45, 7) is 14.1. The van der Waals surface area contributed by atoms with Gasteiger partial charge in [0.15, 0.2) is 0 Å². The first-order chi connectivity index (χ1) is 30.0. The van der Waals surface area contributed by atoms with Gasteiger partial charge in [-0.1, -0.05) is 181 Å². The van der Waals surface area contributed by atoms with E-state index in [-0.39, 0.29) is 10.8 Å². The average Bonchev–Trinajstić information content (AvgIpc) is 3.77. The lowest BCUT2D eigenvalue weighted by atomic mass is 9.77. The van der Waals surface area contributed by atoms with Crippen LogP contribution in [0.3, 0.4) is 0 Å². The third kappa shape index (κ3) is 4.95. The molecular weight excluding hydrogens is 745 g/mol. The Hall–Kier alpha value is -7.02. The Morgan fingerprint density at radius 2 is 0.726 bits per heavy atom. The maximum absolute atomic E-state index is 2.56. The van der Waals surface area contributed by atoms with E-state index in [0.29, 0.717) is 0 Å². The summed E-state index contributed by atoms with van der Waals surface area (Å²) in [4.78, 5) is 0. The second-order valence-corrected chi connectivity index (χ2v) is 20.1. The average molecular weight is 791 g/mol. The van der Waals surface area contributed by atoms with Crippen molar-refractivity contribution >= 4 is 64.6 Å². The molecule has 0 saturated heterocycles. The topological polar surface area (TPSA) is 0 Å². The molecule has 11 aromatic rings. The second kappa shape index (κ2) is 12.3. The molecule has 0 atom stereocenters. The van der Waals surface area contributed by atoms with Gasteiger partial charge in [-0.3, -0.25) is 0 Å². The zero-order chi connectivity index (χ0) is 41.8. The standard InChI is InChI=1S/C62H46/c1-61(2,3)40-27-39(28-41(30-40)62(4,5)6)43-25-23-35-13-7-8-18-42(35)60(43)57-34-51-44(52-32-54-47-21-11-16-37-17-12-22-48(59(37)47)55(54)33-56(52)57)26-24-38-29-50-45-19-9-14-36-15-10-20-46(58(36)45)53(50)31-49(38)51/h7-34H,1-6H3. The molecule has 11 aromatic carbocycles. The lowest BCUT2D eigenvalue weighted by Gasteiger charge is -2.27. The van der Waals surface area contributed by atoms with Gasteiger partial charge in [-0.05, 0) is 184 Å². The van der Waals surface area contributed by atoms with Crippen LogP contribution in [-0.4, -0.2) is 0 Å². The molecule has 0 aliphatic heterocycles. The minimum atomic E-state index is -0.0115. The first kappa shape index (κ1) is 35.7. The van der Waals surface area contributed by atoms with E-state index in [1.807, 2.05) is 0 Å². The van der Waals surface area contributed by atoms with Crippen molar-refractivity contribution in [3.8, 4) is 66.8 Å². The summed E-state index contributed by atoms with van der Waals surface area (Å²) >= 11 is 0. The Bertz CT molecular complexity index is 3760. The van der Waals surface area contributed by atoms with Crippen molar-refractivity contribution in [2.24, 2.45) is 0 Å². The summed E-state index contributed by atoms with van der Waals surface area (Å²) in [5.74, 6) is 0. The molecule has 0 fully saturated rings. The van der Waals surface area contributed by atoms with E-state index in [2.05, 4.69) is 211 Å². The summed E-state index contributed by atoms with van der Waals surface area (Å²) in [6, 6.07) is 65.7. The molecule has 0 saturated carbocycles. The van der Waals surface area contributed by atoms with E-state index >= 15 is 0 Å². The first-order valence-electron chi connectivity index (χ1n) is 22.2. The SMILES string of the molecule is CC(C)(C)c1cc(-c2ccc3ccccc3c2-c2cc3c4cc5c(cc4ccc3c3cc4c(cc23)-c2cccc3cccc-4c23)-c2cccc3cccc-5c23)cc(C(C)(C)C)c1. The molecule has 0 unspecified atom stereocenters. The molecule has 0 spiro atoms. The van der Waals surface area contributed by atoms with Crippen LogP contribution >= 0.6 is 0 Å². The minimum absolute atomic E-state index is 0.0115. The molecule has 0 N–H and O–H groups in total. The highest BCUT2D eigenvalue weighted by Gasteiger charge is 2.28. The van der Waals surface area contributed by atoms with Crippen molar-refractivity contribution in [3.63, 3.8) is 0 Å². The van der Waals surface area contributed by atoms with Gasteiger partial charge in [-0.2, -0.15) is 0 Å². The monoisotopic (exact) mass is 790 g/mol. The highest BCUT2D eigenvalue weighted by Crippen LogP contribution is 2.54. The van der Waals surface area contributed by atoms with Gasteiger partial charge in [-0.15, -0.1) is 0 Å². The van der Waals surface area contributed by atoms with Crippen molar-refractivity contribution < 1.29 is 0 Å². The van der Waals surface area contributed by atoms with Crippen molar-refractivity contribution in [2.45, 2.75) is 52.4 Å². The van der Waals surface area contributed by atoms with Crippen LogP contribution in [-0.2, 0) is 10.8 Å². The first-order valence-corrected chi connectivity index (χ1v) is 22.2. The normalized spacial score (nSPS) is 13.0. The van der Waals surface area contributed by atoms with Crippen LogP contribution in [0.1, 0.15) is 52.7 Å². The molecule has 0 radical (unpaired) electrons. The van der Waals surface area contributed by atoms with E-state index in [9.17, 15) is 0 Å². The molecular formula is C62H46. The molecule has 0 heterocycles. The fourth-order valence-corrected chi connectivity index (χ4v) is 11.2. The van der Waals surface area contributed by atoms with Crippen molar-refractivity contribution in [3.05, 3.63) is 181 Å². The lowest BCUT2D eigenvalue weighted by Crippen LogP contribution is -2.16. The number of hydrogen-bond acceptors (Lipinski definition) is 0. The van der Waals surface area contributed by atoms with Gasteiger partial charge in [0.1, 0.15) is 0 Å². The van der Waals surface area contributed by atoms with E-state index in [1.54, 1.807) is 0 Å². The van der Waals surface area contributed by atoms with Crippen molar-refractivity contribution in [1.29, 1.82) is 0 Å². The number of rotatable bonds is 2. The number of hydrogen-bond donors (Lipinski definition) is 0. The van der Waals surface area contributed by atoms with E-state index in [0.717, 1.165) is 0 Å². The Kier molecular flexibility index (Phi) is 7.09. The highest BCUT2D eigenvalue weighted by molar-refractivity contribution is 6.28. The molecule has 62 heavy (non-hydrogen) atoms. The van der Waals surface area contributed by atoms with E-state index in [4.69, 9.17) is 0 Å². The summed E-state index contributed by atoms with van der Waals surface area (Å²) in [5.41, 5.74) is 18.5. The molecule has 294 valence electrons. The predicted molar refractivity (Wildman–Crippen MR) is 269 cm³/mol. The second-order valence-electron chi connectivity index (χ2n) is 20.1. The molecule has 0 heteroatoms. The van der Waals surface area contributed by atoms with Crippen LogP contribution in [0.4, 0.5) is 0 Å². The zero-order valence-electron chi connectivity index (χ0n) is 36.2. The number of benzene rings is 11. The largest absolute Gasteiger partial charge is 0.0616 e. The summed E-state index contributed by atoms with van der Waals surface area (Å²) in [6.07, 6.45) is 0. The van der Waals surface area contributed by atoms with Gasteiger partial charge in [0.25, 0.3) is 0 Å². The van der Waals surface area contributed by atoms with Crippen LogP contribution in [0.5, 0.6) is 0 Å². The third-order valence-corrected chi connectivity index (χ3v) is 14.4. The van der Waals surface area contributed by atoms with Gasteiger partial charge < -0.3 is 0 Å². The van der Waals surface area contributed by atoms with Crippen LogP contribution in [0.15, 0.2) is 170 Å². The molecule has 13 rings (SSSR count). The lowest BCUT2D eigenvalue weighted by molar-refractivity contribution is 0.569. The Morgan fingerprint density at radius 3 is 1.31 bits per heavy atom. The number of fused-ring (bicyclic) bond motifs is 12. The van der Waals surface area contributed by atoms with Gasteiger partial charge in [-0.25, -0.2) is 0 Å². The quantitative estimate of drug-likeness (QED) is 0.153. The van der Waals surface area contributed by atoms with Crippen LogP contribution in [0.25, 0.3) is 131 Å². The Morgan fingerprint density at radius 1 is 0.258 bits per heavy atom. The predicted octanol–water partition coefficient (Wildman–Crippen LogP) is 17.8. The summed E-state index contributed by atoms with van der Waals surface area (Å²) < 4.78 is 0. The third-order valence-electron chi connectivity index (χ3n) is 14.4. The maximum atomic E-state index is 2.56. The minimum Gasteiger partial charge on any atom is -0.0616 e. The van der Waals surface area contributed by atoms with Crippen LogP contribution < -0.4 is 0 Å². The summed E-state index contributed by atoms with van der Waals surface area (Å²) in [5, 5.41) is 15.6. The Labute approximate surface area is 363 Å². The molecule has 2 aliphatic rings. The van der Waals surface area contributed by atoms with Crippen LogP contribution in [0.2, 0.25) is 0 Å². The summed E-state index contributed by atoms with van der Waals surface area (Å²) in [7, 11) is 0. The molecule has 2 aliphatic carbocycles. The maximum Gasteiger partial charge on any atom is -0.00204 e.